The number of hydrogen-bond donors (Lipinski definition) is 0. The minimum atomic E-state index is -0.412. The van der Waals surface area contributed by atoms with Crippen molar-refractivity contribution in [1.82, 2.24) is 9.78 Å². The summed E-state index contributed by atoms with van der Waals surface area (Å²) in [5.74, 6) is -0.412. The van der Waals surface area contributed by atoms with Gasteiger partial charge in [0.1, 0.15) is 0 Å². The predicted octanol–water partition coefficient (Wildman–Crippen LogP) is 1.29. The number of carbonyl (C=O) groups excluding carboxylic acids is 1. The van der Waals surface area contributed by atoms with Gasteiger partial charge in [0.25, 0.3) is 0 Å². The van der Waals surface area contributed by atoms with Crippen LogP contribution < -0.4 is 0 Å². The standard InChI is InChI=1S/C9H11N5O2/c1-2-16-9(15)8-4-7-3-6(11-13-10)5-14(7)12-8/h4,6H,2-3,5H2,1H3. The number of nitrogens with zero attached hydrogens (tertiary/aromatic N) is 5. The summed E-state index contributed by atoms with van der Waals surface area (Å²) in [5.41, 5.74) is 9.53. The van der Waals surface area contributed by atoms with E-state index in [1.165, 1.54) is 0 Å². The van der Waals surface area contributed by atoms with Crippen LogP contribution in [0.1, 0.15) is 23.1 Å². The van der Waals surface area contributed by atoms with Crippen molar-refractivity contribution in [2.75, 3.05) is 6.61 Å². The van der Waals surface area contributed by atoms with Crippen LogP contribution in [0, 0.1) is 0 Å². The Bertz CT molecular complexity index is 437. The van der Waals surface area contributed by atoms with Gasteiger partial charge in [0.15, 0.2) is 5.69 Å². The fraction of sp³-hybridized carbons (Fsp3) is 0.556. The van der Waals surface area contributed by atoms with Gasteiger partial charge >= 0.3 is 5.97 Å². The third-order valence-electron chi connectivity index (χ3n) is 2.39. The van der Waals surface area contributed by atoms with E-state index < -0.39 is 5.97 Å². The van der Waals surface area contributed by atoms with Gasteiger partial charge in [0.2, 0.25) is 0 Å². The molecular formula is C9H11N5O2. The average molecular weight is 221 g/mol. The highest BCUT2D eigenvalue weighted by Crippen LogP contribution is 2.18. The van der Waals surface area contributed by atoms with Gasteiger partial charge < -0.3 is 4.74 Å². The molecule has 0 aromatic carbocycles. The van der Waals surface area contributed by atoms with Crippen LogP contribution in [0.5, 0.6) is 0 Å². The van der Waals surface area contributed by atoms with E-state index in [4.69, 9.17) is 10.3 Å². The molecule has 0 fully saturated rings. The molecule has 1 aliphatic heterocycles. The monoisotopic (exact) mass is 221 g/mol. The molecule has 1 aromatic rings. The van der Waals surface area contributed by atoms with Crippen molar-refractivity contribution < 1.29 is 9.53 Å². The smallest absolute Gasteiger partial charge is 0.358 e. The molecular weight excluding hydrogens is 210 g/mol. The van der Waals surface area contributed by atoms with Crippen molar-refractivity contribution in [3.63, 3.8) is 0 Å². The summed E-state index contributed by atoms with van der Waals surface area (Å²) in [5, 5.41) is 7.73. The lowest BCUT2D eigenvalue weighted by molar-refractivity contribution is 0.0518. The van der Waals surface area contributed by atoms with Crippen LogP contribution in [-0.2, 0) is 17.7 Å². The normalized spacial score (nSPS) is 17.7. The minimum absolute atomic E-state index is 0.0938. The van der Waals surface area contributed by atoms with E-state index in [-0.39, 0.29) is 6.04 Å². The number of aromatic nitrogens is 2. The summed E-state index contributed by atoms with van der Waals surface area (Å²) in [6.45, 7) is 2.61. The Labute approximate surface area is 91.6 Å². The quantitative estimate of drug-likeness (QED) is 0.333. The molecule has 0 saturated heterocycles. The van der Waals surface area contributed by atoms with Crippen molar-refractivity contribution in [3.05, 3.63) is 27.9 Å². The lowest BCUT2D eigenvalue weighted by atomic mass is 10.2. The van der Waals surface area contributed by atoms with E-state index in [0.29, 0.717) is 25.3 Å². The first-order valence-electron chi connectivity index (χ1n) is 5.02. The Hall–Kier alpha value is -2.01. The van der Waals surface area contributed by atoms with Crippen LogP contribution in [-0.4, -0.2) is 28.4 Å². The zero-order chi connectivity index (χ0) is 11.5. The molecule has 16 heavy (non-hydrogen) atoms. The number of hydrogen-bond acceptors (Lipinski definition) is 4. The predicted molar refractivity (Wildman–Crippen MR) is 54.8 cm³/mol. The number of fused-ring (bicyclic) bond motifs is 1. The molecule has 0 aliphatic carbocycles. The van der Waals surface area contributed by atoms with E-state index in [9.17, 15) is 4.79 Å². The van der Waals surface area contributed by atoms with Gasteiger partial charge in [-0.1, -0.05) is 5.11 Å². The highest BCUT2D eigenvalue weighted by atomic mass is 16.5. The zero-order valence-electron chi connectivity index (χ0n) is 8.83. The van der Waals surface area contributed by atoms with Crippen molar-refractivity contribution in [3.8, 4) is 0 Å². The molecule has 1 aromatic heterocycles. The van der Waals surface area contributed by atoms with E-state index >= 15 is 0 Å². The topological polar surface area (TPSA) is 92.9 Å². The van der Waals surface area contributed by atoms with Crippen molar-refractivity contribution in [2.45, 2.75) is 25.9 Å². The summed E-state index contributed by atoms with van der Waals surface area (Å²) in [6.07, 6.45) is 0.621. The molecule has 1 unspecified atom stereocenters. The summed E-state index contributed by atoms with van der Waals surface area (Å²) in [7, 11) is 0. The third kappa shape index (κ3) is 1.85. The molecule has 7 nitrogen and oxygen atoms in total. The highest BCUT2D eigenvalue weighted by molar-refractivity contribution is 5.87. The first-order chi connectivity index (χ1) is 7.74. The molecule has 2 rings (SSSR count). The van der Waals surface area contributed by atoms with Crippen molar-refractivity contribution in [2.24, 2.45) is 5.11 Å². The average Bonchev–Trinajstić information content (AvgIpc) is 2.76. The van der Waals surface area contributed by atoms with E-state index in [0.717, 1.165) is 5.69 Å². The number of rotatable bonds is 3. The summed E-state index contributed by atoms with van der Waals surface area (Å²) in [4.78, 5) is 14.1. The fourth-order valence-electron chi connectivity index (χ4n) is 1.74. The maximum atomic E-state index is 11.4. The van der Waals surface area contributed by atoms with Gasteiger partial charge in [0, 0.05) is 10.6 Å². The summed E-state index contributed by atoms with van der Waals surface area (Å²) >= 11 is 0. The largest absolute Gasteiger partial charge is 0.461 e. The SMILES string of the molecule is CCOC(=O)c1cc2n(n1)CC(N=[N+]=[N-])C2. The van der Waals surface area contributed by atoms with Crippen LogP contribution in [0.15, 0.2) is 11.2 Å². The van der Waals surface area contributed by atoms with Gasteiger partial charge in [-0.05, 0) is 24.9 Å². The number of ether oxygens (including phenoxy) is 1. The summed E-state index contributed by atoms with van der Waals surface area (Å²) < 4.78 is 6.53. The molecule has 0 N–H and O–H groups in total. The van der Waals surface area contributed by atoms with Crippen molar-refractivity contribution >= 4 is 5.97 Å². The Balaban J connectivity index is 2.12. The van der Waals surface area contributed by atoms with Crippen molar-refractivity contribution in [1.29, 1.82) is 0 Å². The first-order valence-corrected chi connectivity index (χ1v) is 5.02. The van der Waals surface area contributed by atoms with Crippen LogP contribution in [0.4, 0.5) is 0 Å². The molecule has 0 bridgehead atoms. The molecule has 0 saturated carbocycles. The lowest BCUT2D eigenvalue weighted by Gasteiger charge is -1.99. The van der Waals surface area contributed by atoms with E-state index in [1.54, 1.807) is 17.7 Å². The summed E-state index contributed by atoms with van der Waals surface area (Å²) in [6, 6.07) is 1.59. The van der Waals surface area contributed by atoms with Crippen LogP contribution in [0.25, 0.3) is 10.4 Å². The maximum Gasteiger partial charge on any atom is 0.358 e. The van der Waals surface area contributed by atoms with E-state index in [1.807, 2.05) is 0 Å². The Morgan fingerprint density at radius 2 is 2.69 bits per heavy atom. The van der Waals surface area contributed by atoms with Gasteiger partial charge in [-0.3, -0.25) is 4.68 Å². The Kier molecular flexibility index (Phi) is 2.78. The second-order valence-electron chi connectivity index (χ2n) is 3.49. The Morgan fingerprint density at radius 3 is 3.31 bits per heavy atom. The fourth-order valence-corrected chi connectivity index (χ4v) is 1.74. The van der Waals surface area contributed by atoms with Gasteiger partial charge in [0.05, 0.1) is 19.2 Å². The third-order valence-corrected chi connectivity index (χ3v) is 2.39. The molecule has 0 spiro atoms. The molecule has 7 heteroatoms. The molecule has 1 aliphatic rings. The van der Waals surface area contributed by atoms with Crippen LogP contribution in [0.3, 0.4) is 0 Å². The molecule has 84 valence electrons. The number of carbonyl (C=O) groups is 1. The molecule has 0 amide bonds. The molecule has 2 heterocycles. The maximum absolute atomic E-state index is 11.4. The van der Waals surface area contributed by atoms with E-state index in [2.05, 4.69) is 15.1 Å². The number of esters is 1. The second kappa shape index (κ2) is 4.24. The van der Waals surface area contributed by atoms with Gasteiger partial charge in [-0.2, -0.15) is 5.10 Å². The minimum Gasteiger partial charge on any atom is -0.461 e. The molecule has 1 atom stereocenters. The lowest BCUT2D eigenvalue weighted by Crippen LogP contribution is -2.10. The molecule has 0 radical (unpaired) electrons. The second-order valence-corrected chi connectivity index (χ2v) is 3.49. The Morgan fingerprint density at radius 1 is 1.88 bits per heavy atom. The number of azide groups is 1. The highest BCUT2D eigenvalue weighted by Gasteiger charge is 2.24. The zero-order valence-corrected chi connectivity index (χ0v) is 8.83. The first kappa shape index (κ1) is 10.5. The van der Waals surface area contributed by atoms with Crippen LogP contribution in [0.2, 0.25) is 0 Å². The van der Waals surface area contributed by atoms with Gasteiger partial charge in [-0.15, -0.1) is 0 Å². The van der Waals surface area contributed by atoms with Gasteiger partial charge in [-0.25, -0.2) is 4.79 Å². The van der Waals surface area contributed by atoms with Crippen LogP contribution >= 0.6 is 0 Å².